The van der Waals surface area contributed by atoms with Crippen LogP contribution in [0.4, 0.5) is 4.39 Å². The summed E-state index contributed by atoms with van der Waals surface area (Å²) in [7, 11) is 0. The molecule has 1 aromatic carbocycles. The molecule has 6 heteroatoms. The zero-order valence-corrected chi connectivity index (χ0v) is 12.8. The molecular weight excluding hydrogens is 295 g/mol. The number of halogens is 2. The number of amides is 1. The number of ether oxygens (including phenoxy) is 1. The number of benzene rings is 1. The number of nitrogens with two attached hydrogens (primary N) is 1. The Bertz CT molecular complexity index is 512. The smallest absolute Gasteiger partial charge is 0.260 e. The highest BCUT2D eigenvalue weighted by Crippen LogP contribution is 2.22. The van der Waals surface area contributed by atoms with Gasteiger partial charge in [-0.05, 0) is 24.5 Å². The molecule has 0 spiro atoms. The van der Waals surface area contributed by atoms with Gasteiger partial charge in [-0.15, -0.1) is 0 Å². The molecule has 4 nitrogen and oxygen atoms in total. The molecule has 1 fully saturated rings. The number of hydrogen-bond acceptors (Lipinski definition) is 3. The first-order valence-electron chi connectivity index (χ1n) is 7.12. The van der Waals surface area contributed by atoms with E-state index in [2.05, 4.69) is 6.92 Å². The molecule has 1 aliphatic rings. The van der Waals surface area contributed by atoms with E-state index >= 15 is 0 Å². The fraction of sp³-hybridized carbons (Fsp3) is 0.533. The first kappa shape index (κ1) is 16.0. The van der Waals surface area contributed by atoms with Gasteiger partial charge in [0.05, 0.1) is 5.02 Å². The van der Waals surface area contributed by atoms with E-state index in [9.17, 15) is 9.18 Å². The van der Waals surface area contributed by atoms with Crippen LogP contribution in [0.2, 0.25) is 5.02 Å². The van der Waals surface area contributed by atoms with Crippen LogP contribution in [0, 0.1) is 11.7 Å². The fourth-order valence-corrected chi connectivity index (χ4v) is 2.75. The van der Waals surface area contributed by atoms with Gasteiger partial charge < -0.3 is 15.4 Å². The van der Waals surface area contributed by atoms with Crippen LogP contribution in [-0.4, -0.2) is 36.5 Å². The first-order valence-corrected chi connectivity index (χ1v) is 7.50. The predicted molar refractivity (Wildman–Crippen MR) is 79.9 cm³/mol. The van der Waals surface area contributed by atoms with Crippen molar-refractivity contribution >= 4 is 17.5 Å². The van der Waals surface area contributed by atoms with E-state index in [-0.39, 0.29) is 23.6 Å². The molecule has 1 amide bonds. The summed E-state index contributed by atoms with van der Waals surface area (Å²) >= 11 is 5.66. The Morgan fingerprint density at radius 3 is 2.95 bits per heavy atom. The van der Waals surface area contributed by atoms with Gasteiger partial charge in [0.2, 0.25) is 0 Å². The lowest BCUT2D eigenvalue weighted by molar-refractivity contribution is -0.132. The summed E-state index contributed by atoms with van der Waals surface area (Å²) in [6.45, 7) is 3.27. The topological polar surface area (TPSA) is 55.6 Å². The minimum Gasteiger partial charge on any atom is -0.484 e. The summed E-state index contributed by atoms with van der Waals surface area (Å²) in [6, 6.07) is 4.06. The number of nitrogens with zero attached hydrogens (tertiary/aromatic N) is 1. The van der Waals surface area contributed by atoms with Crippen LogP contribution in [0.1, 0.15) is 19.8 Å². The maximum Gasteiger partial charge on any atom is 0.260 e. The molecule has 0 radical (unpaired) electrons. The van der Waals surface area contributed by atoms with Crippen LogP contribution in [0.15, 0.2) is 18.2 Å². The highest BCUT2D eigenvalue weighted by Gasteiger charge is 2.32. The van der Waals surface area contributed by atoms with Gasteiger partial charge >= 0.3 is 0 Å². The van der Waals surface area contributed by atoms with Gasteiger partial charge in [-0.2, -0.15) is 0 Å². The SMILES string of the molecule is CCC[C@@H]1CN(C(=O)COc2ccc(F)c(Cl)c2)C[C@H]1N. The van der Waals surface area contributed by atoms with Crippen LogP contribution in [0.3, 0.4) is 0 Å². The maximum atomic E-state index is 13.0. The van der Waals surface area contributed by atoms with Gasteiger partial charge in [0, 0.05) is 25.2 Å². The lowest BCUT2D eigenvalue weighted by Crippen LogP contribution is -2.35. The monoisotopic (exact) mass is 314 g/mol. The van der Waals surface area contributed by atoms with Gasteiger partial charge in [-0.3, -0.25) is 4.79 Å². The van der Waals surface area contributed by atoms with Crippen molar-refractivity contribution in [3.63, 3.8) is 0 Å². The van der Waals surface area contributed by atoms with Crippen LogP contribution in [-0.2, 0) is 4.79 Å². The second-order valence-electron chi connectivity index (χ2n) is 5.38. The van der Waals surface area contributed by atoms with Crippen molar-refractivity contribution in [1.29, 1.82) is 0 Å². The van der Waals surface area contributed by atoms with E-state index in [0.29, 0.717) is 24.8 Å². The normalized spacial score (nSPS) is 21.6. The highest BCUT2D eigenvalue weighted by atomic mass is 35.5. The van der Waals surface area contributed by atoms with Gasteiger partial charge in [0.15, 0.2) is 6.61 Å². The summed E-state index contributed by atoms with van der Waals surface area (Å²) in [5.74, 6) is 0.121. The van der Waals surface area contributed by atoms with E-state index in [4.69, 9.17) is 22.1 Å². The largest absolute Gasteiger partial charge is 0.484 e. The Morgan fingerprint density at radius 1 is 1.52 bits per heavy atom. The van der Waals surface area contributed by atoms with Crippen LogP contribution in [0.5, 0.6) is 5.75 Å². The quantitative estimate of drug-likeness (QED) is 0.908. The van der Waals surface area contributed by atoms with Crippen LogP contribution in [0.25, 0.3) is 0 Å². The highest BCUT2D eigenvalue weighted by molar-refractivity contribution is 6.30. The van der Waals surface area contributed by atoms with Crippen molar-refractivity contribution in [2.75, 3.05) is 19.7 Å². The Kier molecular flexibility index (Phi) is 5.42. The van der Waals surface area contributed by atoms with Crippen molar-refractivity contribution < 1.29 is 13.9 Å². The molecule has 1 aliphatic heterocycles. The first-order chi connectivity index (χ1) is 10.0. The molecule has 1 aromatic rings. The molecule has 0 aromatic heterocycles. The molecule has 1 heterocycles. The number of likely N-dealkylation sites (tertiary alicyclic amines) is 1. The van der Waals surface area contributed by atoms with Crippen molar-refractivity contribution in [3.05, 3.63) is 29.0 Å². The zero-order chi connectivity index (χ0) is 15.4. The van der Waals surface area contributed by atoms with E-state index in [1.807, 2.05) is 0 Å². The van der Waals surface area contributed by atoms with E-state index in [1.54, 1.807) is 4.90 Å². The van der Waals surface area contributed by atoms with Crippen molar-refractivity contribution in [2.45, 2.75) is 25.8 Å². The summed E-state index contributed by atoms with van der Waals surface area (Å²) in [5.41, 5.74) is 6.04. The summed E-state index contributed by atoms with van der Waals surface area (Å²) in [6.07, 6.45) is 2.09. The second kappa shape index (κ2) is 7.09. The second-order valence-corrected chi connectivity index (χ2v) is 5.78. The average Bonchev–Trinajstić information content (AvgIpc) is 2.82. The predicted octanol–water partition coefficient (Wildman–Crippen LogP) is 2.44. The summed E-state index contributed by atoms with van der Waals surface area (Å²) in [4.78, 5) is 13.8. The molecule has 0 saturated carbocycles. The third-order valence-corrected chi connectivity index (χ3v) is 4.05. The third kappa shape index (κ3) is 4.08. The maximum absolute atomic E-state index is 13.0. The summed E-state index contributed by atoms with van der Waals surface area (Å²) < 4.78 is 18.4. The number of rotatable bonds is 5. The molecule has 116 valence electrons. The van der Waals surface area contributed by atoms with Crippen molar-refractivity contribution in [1.82, 2.24) is 4.90 Å². The molecule has 0 bridgehead atoms. The molecule has 0 aliphatic carbocycles. The summed E-state index contributed by atoms with van der Waals surface area (Å²) in [5, 5.41) is -0.0221. The minimum absolute atomic E-state index is 0.0221. The van der Waals surface area contributed by atoms with Crippen LogP contribution < -0.4 is 10.5 Å². The molecule has 1 saturated heterocycles. The molecule has 2 rings (SSSR count). The Hall–Kier alpha value is -1.33. The number of hydrogen-bond donors (Lipinski definition) is 1. The Balaban J connectivity index is 1.86. The van der Waals surface area contributed by atoms with Crippen molar-refractivity contribution in [3.8, 4) is 5.75 Å². The lowest BCUT2D eigenvalue weighted by Gasteiger charge is -2.16. The van der Waals surface area contributed by atoms with E-state index in [0.717, 1.165) is 12.8 Å². The molecule has 21 heavy (non-hydrogen) atoms. The fourth-order valence-electron chi connectivity index (χ4n) is 2.58. The Labute approximate surface area is 129 Å². The standard InChI is InChI=1S/C15H20ClFN2O2/c1-2-3-10-7-19(8-14(10)18)15(20)9-21-11-4-5-13(17)12(16)6-11/h4-6,10,14H,2-3,7-9,18H2,1H3/t10-,14-/m1/s1. The van der Waals surface area contributed by atoms with Crippen molar-refractivity contribution in [2.24, 2.45) is 11.7 Å². The van der Waals surface area contributed by atoms with Gasteiger partial charge in [-0.1, -0.05) is 24.9 Å². The van der Waals surface area contributed by atoms with Gasteiger partial charge in [-0.25, -0.2) is 4.39 Å². The lowest BCUT2D eigenvalue weighted by atomic mass is 9.99. The molecular formula is C15H20ClFN2O2. The van der Waals surface area contributed by atoms with E-state index in [1.165, 1.54) is 18.2 Å². The third-order valence-electron chi connectivity index (χ3n) is 3.76. The number of carbonyl (C=O) groups is 1. The zero-order valence-electron chi connectivity index (χ0n) is 12.0. The minimum atomic E-state index is -0.511. The molecule has 2 atom stereocenters. The molecule has 2 N–H and O–H groups in total. The molecule has 0 unspecified atom stereocenters. The Morgan fingerprint density at radius 2 is 2.29 bits per heavy atom. The van der Waals surface area contributed by atoms with Gasteiger partial charge in [0.25, 0.3) is 5.91 Å². The van der Waals surface area contributed by atoms with Crippen LogP contribution >= 0.6 is 11.6 Å². The number of carbonyl (C=O) groups excluding carboxylic acids is 1. The average molecular weight is 315 g/mol. The van der Waals surface area contributed by atoms with Gasteiger partial charge in [0.1, 0.15) is 11.6 Å². The van der Waals surface area contributed by atoms with E-state index < -0.39 is 5.82 Å².